The van der Waals surface area contributed by atoms with E-state index in [9.17, 15) is 0 Å². The van der Waals surface area contributed by atoms with E-state index in [2.05, 4.69) is 54.4 Å². The first-order valence-corrected chi connectivity index (χ1v) is 12.4. The van der Waals surface area contributed by atoms with E-state index < -0.39 is 0 Å². The molecule has 2 saturated carbocycles. The summed E-state index contributed by atoms with van der Waals surface area (Å²) in [6, 6.07) is 5.39. The molecule has 5 aliphatic rings. The minimum Gasteiger partial charge on any atom is -0.359 e. The minimum absolute atomic E-state index is 0.00397. The number of pyridine rings is 1. The highest BCUT2D eigenvalue weighted by molar-refractivity contribution is 5.47. The molecule has 0 aromatic carbocycles. The summed E-state index contributed by atoms with van der Waals surface area (Å²) in [7, 11) is 4.48. The van der Waals surface area contributed by atoms with E-state index in [1.54, 1.807) is 5.57 Å². The first kappa shape index (κ1) is 20.1. The molecule has 3 fully saturated rings. The molecule has 1 N–H and O–H groups in total. The van der Waals surface area contributed by atoms with Gasteiger partial charge in [0.25, 0.3) is 0 Å². The molecule has 2 aliphatic heterocycles. The highest BCUT2D eigenvalue weighted by Crippen LogP contribution is 2.66. The third-order valence-electron chi connectivity index (χ3n) is 9.66. The SMILES string of the molecule is CN(C)C1CCC2=CC3=CC[C@]4(C)C(NCc5cccnc5)CC[C@H]4[C@@]34CC[C@]2(C1)O4. The zero-order valence-corrected chi connectivity index (χ0v) is 19.4. The van der Waals surface area contributed by atoms with Gasteiger partial charge in [0.05, 0.1) is 11.2 Å². The number of hydrogen-bond donors (Lipinski definition) is 1. The van der Waals surface area contributed by atoms with Gasteiger partial charge in [-0.2, -0.15) is 0 Å². The topological polar surface area (TPSA) is 37.4 Å². The van der Waals surface area contributed by atoms with Crippen molar-refractivity contribution in [3.05, 3.63) is 53.4 Å². The van der Waals surface area contributed by atoms with Crippen molar-refractivity contribution >= 4 is 0 Å². The van der Waals surface area contributed by atoms with Crippen molar-refractivity contribution < 1.29 is 4.74 Å². The van der Waals surface area contributed by atoms with E-state index in [-0.39, 0.29) is 16.6 Å². The molecule has 1 aromatic heterocycles. The Balaban J connectivity index is 1.29. The van der Waals surface area contributed by atoms with Crippen LogP contribution in [0.4, 0.5) is 0 Å². The van der Waals surface area contributed by atoms with Gasteiger partial charge in [-0.05, 0) is 99.6 Å². The summed E-state index contributed by atoms with van der Waals surface area (Å²) >= 11 is 0. The van der Waals surface area contributed by atoms with Crippen LogP contribution in [-0.4, -0.2) is 47.3 Å². The summed E-state index contributed by atoms with van der Waals surface area (Å²) in [5.41, 5.74) is 4.61. The molecule has 4 heteroatoms. The molecule has 6 rings (SSSR count). The third kappa shape index (κ3) is 2.87. The summed E-state index contributed by atoms with van der Waals surface area (Å²) in [5, 5.41) is 3.92. The lowest BCUT2D eigenvalue weighted by Crippen LogP contribution is -2.56. The predicted molar refractivity (Wildman–Crippen MR) is 124 cm³/mol. The first-order chi connectivity index (χ1) is 15.0. The number of ether oxygens (including phenoxy) is 1. The molecule has 31 heavy (non-hydrogen) atoms. The molecule has 1 aromatic rings. The van der Waals surface area contributed by atoms with Gasteiger partial charge in [-0.25, -0.2) is 0 Å². The molecule has 2 spiro atoms. The molecular weight excluding hydrogens is 382 g/mol. The Morgan fingerprint density at radius 2 is 2.13 bits per heavy atom. The van der Waals surface area contributed by atoms with Crippen LogP contribution in [0.15, 0.2) is 47.8 Å². The standard InChI is InChI=1S/C27H37N3O/c1-25-11-10-21-15-20-6-7-22(30(2)3)16-26(20)12-13-27(21,31-26)23(25)8-9-24(25)29-18-19-5-4-14-28-17-19/h4-5,10,14-15,17,22-24,29H,6-9,11-13,16,18H2,1-3H3/t22?,23-,24?,25+,26-,27-/m1/s1. The summed E-state index contributed by atoms with van der Waals surface area (Å²) < 4.78 is 7.35. The van der Waals surface area contributed by atoms with E-state index in [1.807, 2.05) is 18.5 Å². The third-order valence-corrected chi connectivity index (χ3v) is 9.66. The van der Waals surface area contributed by atoms with Crippen molar-refractivity contribution in [1.82, 2.24) is 15.2 Å². The fourth-order valence-electron chi connectivity index (χ4n) is 7.90. The highest BCUT2D eigenvalue weighted by atomic mass is 16.5. The Morgan fingerprint density at radius 1 is 1.23 bits per heavy atom. The zero-order chi connectivity index (χ0) is 21.3. The van der Waals surface area contributed by atoms with E-state index in [4.69, 9.17) is 4.74 Å². The molecule has 1 saturated heterocycles. The van der Waals surface area contributed by atoms with E-state index in [0.717, 1.165) is 6.54 Å². The lowest BCUT2D eigenvalue weighted by Gasteiger charge is -2.54. The van der Waals surface area contributed by atoms with Crippen LogP contribution in [0.2, 0.25) is 0 Å². The summed E-state index contributed by atoms with van der Waals surface area (Å²) in [4.78, 5) is 6.71. The molecule has 166 valence electrons. The fourth-order valence-corrected chi connectivity index (χ4v) is 7.90. The number of nitrogens with zero attached hydrogens (tertiary/aromatic N) is 2. The monoisotopic (exact) mass is 419 g/mol. The van der Waals surface area contributed by atoms with Crippen molar-refractivity contribution in [1.29, 1.82) is 0 Å². The van der Waals surface area contributed by atoms with Gasteiger partial charge in [0.2, 0.25) is 0 Å². The quantitative estimate of drug-likeness (QED) is 0.772. The Morgan fingerprint density at radius 3 is 2.94 bits per heavy atom. The number of allylic oxidation sites excluding steroid dienone is 1. The second-order valence-corrected chi connectivity index (χ2v) is 11.3. The first-order valence-electron chi connectivity index (χ1n) is 12.4. The van der Waals surface area contributed by atoms with Gasteiger partial charge in [-0.3, -0.25) is 4.98 Å². The maximum atomic E-state index is 7.35. The lowest BCUT2D eigenvalue weighted by molar-refractivity contribution is -0.140. The van der Waals surface area contributed by atoms with Gasteiger partial charge in [0.1, 0.15) is 0 Å². The number of hydrogen-bond acceptors (Lipinski definition) is 4. The Bertz CT molecular complexity index is 924. The maximum absolute atomic E-state index is 7.35. The van der Waals surface area contributed by atoms with Crippen LogP contribution in [0, 0.1) is 11.3 Å². The van der Waals surface area contributed by atoms with Gasteiger partial charge in [0, 0.05) is 31.0 Å². The van der Waals surface area contributed by atoms with Gasteiger partial charge in [-0.15, -0.1) is 0 Å². The number of fused-ring (bicyclic) bond motifs is 1. The van der Waals surface area contributed by atoms with E-state index >= 15 is 0 Å². The van der Waals surface area contributed by atoms with Gasteiger partial charge < -0.3 is 15.0 Å². The predicted octanol–water partition coefficient (Wildman–Crippen LogP) is 4.63. The minimum atomic E-state index is -0.0462. The normalized spacial score (nSPS) is 43.2. The highest BCUT2D eigenvalue weighted by Gasteiger charge is 2.66. The smallest absolute Gasteiger partial charge is 0.0975 e. The fraction of sp³-hybridized carbons (Fsp3) is 0.667. The van der Waals surface area contributed by atoms with E-state index in [1.165, 1.54) is 62.5 Å². The molecule has 3 aliphatic carbocycles. The van der Waals surface area contributed by atoms with Crippen molar-refractivity contribution in [2.45, 2.75) is 88.1 Å². The molecular formula is C27H37N3O. The second-order valence-electron chi connectivity index (χ2n) is 11.3. The van der Waals surface area contributed by atoms with Crippen molar-refractivity contribution in [3.63, 3.8) is 0 Å². The molecule has 4 nitrogen and oxygen atoms in total. The van der Waals surface area contributed by atoms with Crippen LogP contribution < -0.4 is 5.32 Å². The summed E-state index contributed by atoms with van der Waals surface area (Å²) in [6.07, 6.45) is 18.7. The lowest BCUT2D eigenvalue weighted by atomic mass is 9.60. The number of nitrogens with one attached hydrogen (secondary N) is 1. The average Bonchev–Trinajstić information content (AvgIpc) is 3.27. The molecule has 2 bridgehead atoms. The summed E-state index contributed by atoms with van der Waals surface area (Å²) in [6.45, 7) is 3.44. The molecule has 6 atom stereocenters. The van der Waals surface area contributed by atoms with E-state index in [0.29, 0.717) is 18.0 Å². The van der Waals surface area contributed by atoms with Crippen LogP contribution >= 0.6 is 0 Å². The Hall–Kier alpha value is -1.49. The van der Waals surface area contributed by atoms with Crippen molar-refractivity contribution in [2.24, 2.45) is 11.3 Å². The largest absolute Gasteiger partial charge is 0.359 e. The number of aromatic nitrogens is 1. The maximum Gasteiger partial charge on any atom is 0.0975 e. The van der Waals surface area contributed by atoms with Gasteiger partial charge in [0.15, 0.2) is 0 Å². The molecule has 2 unspecified atom stereocenters. The summed E-state index contributed by atoms with van der Waals surface area (Å²) in [5.74, 6) is 0.614. The average molecular weight is 420 g/mol. The Kier molecular flexibility index (Phi) is 4.55. The van der Waals surface area contributed by atoms with Crippen LogP contribution in [0.1, 0.15) is 63.9 Å². The van der Waals surface area contributed by atoms with Crippen LogP contribution in [0.5, 0.6) is 0 Å². The molecule has 3 heterocycles. The van der Waals surface area contributed by atoms with Crippen molar-refractivity contribution in [2.75, 3.05) is 14.1 Å². The second kappa shape index (κ2) is 7.00. The van der Waals surface area contributed by atoms with Crippen LogP contribution in [-0.2, 0) is 11.3 Å². The Labute approximate surface area is 187 Å². The zero-order valence-electron chi connectivity index (χ0n) is 19.4. The van der Waals surface area contributed by atoms with Crippen LogP contribution in [0.3, 0.4) is 0 Å². The van der Waals surface area contributed by atoms with Gasteiger partial charge in [-0.1, -0.05) is 25.1 Å². The molecule has 0 amide bonds. The van der Waals surface area contributed by atoms with Crippen LogP contribution in [0.25, 0.3) is 0 Å². The van der Waals surface area contributed by atoms with Gasteiger partial charge >= 0.3 is 0 Å². The van der Waals surface area contributed by atoms with Crippen molar-refractivity contribution in [3.8, 4) is 0 Å². The number of rotatable bonds is 4. The molecule has 0 radical (unpaired) electrons.